The van der Waals surface area contributed by atoms with Crippen LogP contribution < -0.4 is 10.6 Å². The molecule has 1 fully saturated rings. The fourth-order valence-electron chi connectivity index (χ4n) is 3.37. The Morgan fingerprint density at radius 1 is 1.23 bits per heavy atom. The van der Waals surface area contributed by atoms with Crippen LogP contribution in [0.5, 0.6) is 0 Å². The van der Waals surface area contributed by atoms with E-state index in [1.165, 1.54) is 23.5 Å². The first kappa shape index (κ1) is 18.5. The molecule has 2 N–H and O–H groups in total. The third kappa shape index (κ3) is 3.23. The zero-order chi connectivity index (χ0) is 20.7. The molecule has 1 atom stereocenters. The minimum absolute atomic E-state index is 0.223. The van der Waals surface area contributed by atoms with Crippen LogP contribution in [0.25, 0.3) is 10.7 Å². The van der Waals surface area contributed by atoms with Crippen LogP contribution in [0.15, 0.2) is 40.2 Å². The summed E-state index contributed by atoms with van der Waals surface area (Å²) in [5, 5.41) is 10.9. The highest BCUT2D eigenvalue weighted by Gasteiger charge is 2.34. The van der Waals surface area contributed by atoms with Crippen LogP contribution in [-0.2, 0) is 4.74 Å². The van der Waals surface area contributed by atoms with Crippen LogP contribution in [0.1, 0.15) is 32.6 Å². The number of rotatable bonds is 3. The van der Waals surface area contributed by atoms with Crippen molar-refractivity contribution in [2.75, 3.05) is 25.1 Å². The molecule has 0 bridgehead atoms. The molecule has 1 aromatic carbocycles. The molecule has 0 radical (unpaired) electrons. The second-order valence-electron chi connectivity index (χ2n) is 6.69. The molecule has 2 aliphatic heterocycles. The van der Waals surface area contributed by atoms with Gasteiger partial charge in [-0.25, -0.2) is 4.79 Å². The van der Waals surface area contributed by atoms with Gasteiger partial charge in [0.2, 0.25) is 5.82 Å². The van der Waals surface area contributed by atoms with E-state index in [0.29, 0.717) is 24.7 Å². The number of benzene rings is 1. The summed E-state index contributed by atoms with van der Waals surface area (Å²) in [5.74, 6) is -0.186. The predicted octanol–water partition coefficient (Wildman–Crippen LogP) is 2.29. The molecule has 4 heterocycles. The summed E-state index contributed by atoms with van der Waals surface area (Å²) in [6, 6.07) is 7.40. The van der Waals surface area contributed by atoms with Crippen LogP contribution in [-0.4, -0.2) is 52.6 Å². The fourth-order valence-corrected chi connectivity index (χ4v) is 4.02. The molecule has 0 unspecified atom stereocenters. The summed E-state index contributed by atoms with van der Waals surface area (Å²) in [7, 11) is 0. The Labute approximate surface area is 173 Å². The normalized spacial score (nSPS) is 18.3. The lowest BCUT2D eigenvalue weighted by Crippen LogP contribution is -2.45. The van der Waals surface area contributed by atoms with Gasteiger partial charge >= 0.3 is 6.03 Å². The number of morpholine rings is 1. The van der Waals surface area contributed by atoms with Gasteiger partial charge < -0.3 is 19.5 Å². The predicted molar refractivity (Wildman–Crippen MR) is 105 cm³/mol. The molecule has 2 aliphatic rings. The molecule has 152 valence electrons. The molecular weight excluding hydrogens is 410 g/mol. The fraction of sp³-hybridized carbons (Fsp3) is 0.211. The molecule has 0 aliphatic carbocycles. The van der Waals surface area contributed by atoms with E-state index in [2.05, 4.69) is 20.8 Å². The van der Waals surface area contributed by atoms with Crippen molar-refractivity contribution < 1.29 is 23.6 Å². The number of hydrogen-bond acceptors (Lipinski definition) is 8. The third-order valence-corrected chi connectivity index (χ3v) is 5.71. The Hall–Kier alpha value is -3.57. The van der Waals surface area contributed by atoms with Gasteiger partial charge in [-0.2, -0.15) is 4.98 Å². The number of urea groups is 1. The number of imide groups is 1. The van der Waals surface area contributed by atoms with Crippen molar-refractivity contribution in [1.82, 2.24) is 20.4 Å². The zero-order valence-electron chi connectivity index (χ0n) is 15.5. The highest BCUT2D eigenvalue weighted by Crippen LogP contribution is 2.28. The number of nitrogens with one attached hydrogen (secondary N) is 2. The largest absolute Gasteiger partial charge is 0.377 e. The number of amides is 4. The molecule has 30 heavy (non-hydrogen) atoms. The first-order valence-electron chi connectivity index (χ1n) is 9.13. The van der Waals surface area contributed by atoms with Gasteiger partial charge in [-0.15, -0.1) is 11.3 Å². The van der Waals surface area contributed by atoms with Gasteiger partial charge in [0.05, 0.1) is 29.2 Å². The minimum atomic E-state index is -0.542. The lowest BCUT2D eigenvalue weighted by molar-refractivity contribution is 0.00349. The van der Waals surface area contributed by atoms with Gasteiger partial charge in [-0.3, -0.25) is 14.9 Å². The molecule has 10 nitrogen and oxygen atoms in total. The molecule has 3 aromatic rings. The van der Waals surface area contributed by atoms with E-state index in [4.69, 9.17) is 9.26 Å². The van der Waals surface area contributed by atoms with Crippen molar-refractivity contribution in [1.29, 1.82) is 0 Å². The van der Waals surface area contributed by atoms with Crippen molar-refractivity contribution in [3.8, 4) is 10.7 Å². The Kier molecular flexibility index (Phi) is 4.52. The molecule has 1 saturated heterocycles. The molecule has 2 aromatic heterocycles. The van der Waals surface area contributed by atoms with Crippen molar-refractivity contribution in [3.63, 3.8) is 0 Å². The average molecular weight is 425 g/mol. The van der Waals surface area contributed by atoms with E-state index in [1.807, 2.05) is 17.5 Å². The first-order chi connectivity index (χ1) is 14.6. The van der Waals surface area contributed by atoms with E-state index >= 15 is 0 Å². The van der Waals surface area contributed by atoms with Gasteiger partial charge in [0.1, 0.15) is 6.04 Å². The van der Waals surface area contributed by atoms with E-state index in [1.54, 1.807) is 11.0 Å². The van der Waals surface area contributed by atoms with E-state index < -0.39 is 23.9 Å². The number of anilines is 1. The number of hydrogen-bond donors (Lipinski definition) is 2. The van der Waals surface area contributed by atoms with Crippen molar-refractivity contribution in [2.45, 2.75) is 6.04 Å². The van der Waals surface area contributed by atoms with Crippen molar-refractivity contribution >= 4 is 34.9 Å². The zero-order valence-corrected chi connectivity index (χ0v) is 16.3. The van der Waals surface area contributed by atoms with Crippen molar-refractivity contribution in [3.05, 3.63) is 52.7 Å². The Morgan fingerprint density at radius 2 is 2.10 bits per heavy atom. The molecule has 4 amide bonds. The topological polar surface area (TPSA) is 127 Å². The summed E-state index contributed by atoms with van der Waals surface area (Å²) in [5.41, 5.74) is 0.918. The monoisotopic (exact) mass is 425 g/mol. The lowest BCUT2D eigenvalue weighted by Gasteiger charge is -2.33. The quantitative estimate of drug-likeness (QED) is 0.617. The number of carbonyl (C=O) groups excluding carboxylic acids is 3. The van der Waals surface area contributed by atoms with Gasteiger partial charge in [0, 0.05) is 12.2 Å². The van der Waals surface area contributed by atoms with Crippen LogP contribution in [0, 0.1) is 0 Å². The maximum atomic E-state index is 12.9. The SMILES string of the molecule is O=C1NC(=O)c2cc(NC(=O)N3CCOC[C@@H]3c3nc(-c4cccs4)no3)ccc21. The average Bonchev–Trinajstić information content (AvgIpc) is 3.49. The summed E-state index contributed by atoms with van der Waals surface area (Å²) in [4.78, 5) is 43.3. The van der Waals surface area contributed by atoms with E-state index in [-0.39, 0.29) is 23.6 Å². The highest BCUT2D eigenvalue weighted by molar-refractivity contribution is 7.13. The van der Waals surface area contributed by atoms with Crippen molar-refractivity contribution in [2.24, 2.45) is 0 Å². The van der Waals surface area contributed by atoms with E-state index in [9.17, 15) is 14.4 Å². The maximum Gasteiger partial charge on any atom is 0.322 e. The molecular formula is C19H15N5O5S. The van der Waals surface area contributed by atoms with Crippen LogP contribution in [0.2, 0.25) is 0 Å². The van der Waals surface area contributed by atoms with Gasteiger partial charge in [0.25, 0.3) is 17.7 Å². The second kappa shape index (κ2) is 7.35. The minimum Gasteiger partial charge on any atom is -0.377 e. The van der Waals surface area contributed by atoms with E-state index in [0.717, 1.165) is 4.88 Å². The number of thiophene rings is 1. The standard InChI is InChI=1S/C19H15N5O5S/c25-16-11-4-3-10(8-12(11)17(26)22-16)20-19(27)24-5-6-28-9-13(24)18-21-15(23-29-18)14-2-1-7-30-14/h1-4,7-8,13H,5-6,9H2,(H,20,27)(H,22,25,26)/t13-/m1/s1. The Bertz CT molecular complexity index is 1140. The number of fused-ring (bicyclic) bond motifs is 1. The lowest BCUT2D eigenvalue weighted by atomic mass is 10.1. The molecule has 0 saturated carbocycles. The Balaban J connectivity index is 1.36. The molecule has 5 rings (SSSR count). The van der Waals surface area contributed by atoms with Gasteiger partial charge in [-0.05, 0) is 29.6 Å². The molecule has 0 spiro atoms. The number of nitrogens with zero attached hydrogens (tertiary/aromatic N) is 3. The second-order valence-corrected chi connectivity index (χ2v) is 7.64. The van der Waals surface area contributed by atoms with Crippen LogP contribution in [0.3, 0.4) is 0 Å². The molecule has 11 heteroatoms. The summed E-state index contributed by atoms with van der Waals surface area (Å²) < 4.78 is 10.9. The smallest absolute Gasteiger partial charge is 0.322 e. The number of aromatic nitrogens is 2. The first-order valence-corrected chi connectivity index (χ1v) is 10.0. The van der Waals surface area contributed by atoms with Gasteiger partial charge in [-0.1, -0.05) is 11.2 Å². The van der Waals surface area contributed by atoms with Crippen LogP contribution >= 0.6 is 11.3 Å². The maximum absolute atomic E-state index is 12.9. The third-order valence-electron chi connectivity index (χ3n) is 4.84. The Morgan fingerprint density at radius 3 is 2.93 bits per heavy atom. The highest BCUT2D eigenvalue weighted by atomic mass is 32.1. The summed E-state index contributed by atoms with van der Waals surface area (Å²) >= 11 is 1.49. The van der Waals surface area contributed by atoms with Crippen LogP contribution in [0.4, 0.5) is 10.5 Å². The number of ether oxygens (including phenoxy) is 1. The van der Waals surface area contributed by atoms with Gasteiger partial charge in [0.15, 0.2) is 0 Å². The summed E-state index contributed by atoms with van der Waals surface area (Å²) in [6.45, 7) is 0.925. The summed E-state index contributed by atoms with van der Waals surface area (Å²) in [6.07, 6.45) is 0. The number of carbonyl (C=O) groups is 3.